The van der Waals surface area contributed by atoms with Crippen LogP contribution in [0.15, 0.2) is 42.7 Å². The first-order chi connectivity index (χ1) is 11.1. The van der Waals surface area contributed by atoms with Gasteiger partial charge in [0.25, 0.3) is 0 Å². The van der Waals surface area contributed by atoms with Crippen LogP contribution in [0, 0.1) is 20.2 Å². The summed E-state index contributed by atoms with van der Waals surface area (Å²) in [6.45, 7) is 0. The summed E-state index contributed by atoms with van der Waals surface area (Å²) in [6.07, 6.45) is 3.34. The zero-order valence-corrected chi connectivity index (χ0v) is 11.5. The van der Waals surface area contributed by atoms with Gasteiger partial charge in [0.15, 0.2) is 0 Å². The van der Waals surface area contributed by atoms with E-state index in [1.165, 1.54) is 6.07 Å². The van der Waals surface area contributed by atoms with Gasteiger partial charge in [0.05, 0.1) is 10.8 Å². The highest BCUT2D eigenvalue weighted by molar-refractivity contribution is 6.20. The maximum absolute atomic E-state index is 11.3. The first kappa shape index (κ1) is 13.1. The lowest BCUT2D eigenvalue weighted by atomic mass is 10.00. The van der Waals surface area contributed by atoms with Gasteiger partial charge >= 0.3 is 11.6 Å². The third kappa shape index (κ3) is 1.75. The molecule has 2 aromatic carbocycles. The number of hydrogen-bond donors (Lipinski definition) is 1. The molecule has 0 aliphatic heterocycles. The van der Waals surface area contributed by atoms with E-state index in [0.717, 1.165) is 16.2 Å². The Morgan fingerprint density at radius 3 is 2.26 bits per heavy atom. The van der Waals surface area contributed by atoms with E-state index in [9.17, 15) is 20.2 Å². The molecule has 0 spiro atoms. The summed E-state index contributed by atoms with van der Waals surface area (Å²) in [5, 5.41) is 26.0. The summed E-state index contributed by atoms with van der Waals surface area (Å²) >= 11 is 0. The molecule has 1 N–H and O–H groups in total. The molecule has 0 aliphatic rings. The van der Waals surface area contributed by atoms with Crippen LogP contribution in [0.5, 0.6) is 0 Å². The Morgan fingerprint density at radius 2 is 1.52 bits per heavy atom. The summed E-state index contributed by atoms with van der Waals surface area (Å²) in [6, 6.07) is 8.66. The molecule has 23 heavy (non-hydrogen) atoms. The van der Waals surface area contributed by atoms with Gasteiger partial charge < -0.3 is 20.2 Å². The van der Waals surface area contributed by atoms with Gasteiger partial charge in [-0.25, -0.2) is 0 Å². The quantitative estimate of drug-likeness (QED) is 0.344. The van der Waals surface area contributed by atoms with Crippen molar-refractivity contribution in [1.82, 2.24) is 9.97 Å². The van der Waals surface area contributed by atoms with Crippen LogP contribution in [0.3, 0.4) is 0 Å². The van der Waals surface area contributed by atoms with Gasteiger partial charge in [-0.1, -0.05) is 18.2 Å². The number of fused-ring (bicyclic) bond motifs is 5. The fourth-order valence-electron chi connectivity index (χ4n) is 2.95. The van der Waals surface area contributed by atoms with Crippen LogP contribution in [0.2, 0.25) is 0 Å². The molecular weight excluding hydrogens is 300 g/mol. The van der Waals surface area contributed by atoms with Crippen LogP contribution in [0.1, 0.15) is 0 Å². The van der Waals surface area contributed by atoms with E-state index in [4.69, 9.17) is 0 Å². The molecular formula is C15H8N4O4. The number of rotatable bonds is 2. The zero-order valence-electron chi connectivity index (χ0n) is 11.5. The van der Waals surface area contributed by atoms with E-state index in [1.807, 2.05) is 12.1 Å². The number of H-pyrrole nitrogens is 1. The molecule has 4 aromatic rings. The van der Waals surface area contributed by atoms with Gasteiger partial charge in [-0.05, 0) is 38.1 Å². The minimum atomic E-state index is -0.649. The van der Waals surface area contributed by atoms with E-state index in [2.05, 4.69) is 9.97 Å². The molecule has 4 rings (SSSR count). The van der Waals surface area contributed by atoms with E-state index < -0.39 is 9.85 Å². The minimum absolute atomic E-state index is 0.220. The van der Waals surface area contributed by atoms with Crippen molar-refractivity contribution in [1.29, 1.82) is 0 Å². The molecule has 0 aliphatic carbocycles. The molecule has 2 aromatic heterocycles. The number of hydrogen-bond acceptors (Lipinski definition) is 5. The summed E-state index contributed by atoms with van der Waals surface area (Å²) in [4.78, 5) is 27.6. The molecule has 8 heteroatoms. The average Bonchev–Trinajstić information content (AvgIpc) is 2.95. The van der Waals surface area contributed by atoms with Crippen molar-refractivity contribution < 1.29 is 9.85 Å². The van der Waals surface area contributed by atoms with E-state index in [0.29, 0.717) is 5.39 Å². The smallest absolute Gasteiger partial charge is 0.332 e. The third-order valence-electron chi connectivity index (χ3n) is 3.91. The van der Waals surface area contributed by atoms with Crippen LogP contribution in [0.25, 0.3) is 32.3 Å². The van der Waals surface area contributed by atoms with Crippen molar-refractivity contribution >= 4 is 44.0 Å². The van der Waals surface area contributed by atoms with Crippen molar-refractivity contribution in [2.75, 3.05) is 0 Å². The highest BCUT2D eigenvalue weighted by atomic mass is 16.6. The van der Waals surface area contributed by atoms with Crippen LogP contribution < -0.4 is 0 Å². The number of nitro groups is 2. The topological polar surface area (TPSA) is 115 Å². The van der Waals surface area contributed by atoms with Crippen LogP contribution >= 0.6 is 0 Å². The molecule has 0 fully saturated rings. The van der Waals surface area contributed by atoms with E-state index in [1.54, 1.807) is 24.5 Å². The molecule has 0 atom stereocenters. The fourth-order valence-corrected chi connectivity index (χ4v) is 2.95. The summed E-state index contributed by atoms with van der Waals surface area (Å²) in [5.74, 6) is -0.750. The van der Waals surface area contributed by atoms with Crippen LogP contribution in [-0.2, 0) is 0 Å². The van der Waals surface area contributed by atoms with Crippen molar-refractivity contribution in [2.45, 2.75) is 0 Å². The van der Waals surface area contributed by atoms with Crippen LogP contribution in [-0.4, -0.2) is 19.8 Å². The van der Waals surface area contributed by atoms with Crippen molar-refractivity contribution in [3.05, 3.63) is 63.0 Å². The maximum Gasteiger partial charge on any atom is 0.332 e. The minimum Gasteiger partial charge on any atom is -0.358 e. The Hall–Kier alpha value is -3.55. The molecule has 0 amide bonds. The lowest BCUT2D eigenvalue weighted by Gasteiger charge is -2.04. The Balaban J connectivity index is 2.26. The number of aromatic nitrogens is 2. The zero-order chi connectivity index (χ0) is 16.1. The summed E-state index contributed by atoms with van der Waals surface area (Å²) in [5.41, 5.74) is 0. The first-order valence-corrected chi connectivity index (χ1v) is 6.68. The van der Waals surface area contributed by atoms with Crippen molar-refractivity contribution in [3.63, 3.8) is 0 Å². The molecule has 0 unspecified atom stereocenters. The maximum atomic E-state index is 11.3. The number of pyridine rings is 1. The fraction of sp³-hybridized carbons (Fsp3) is 0. The average molecular weight is 308 g/mol. The second-order valence-electron chi connectivity index (χ2n) is 5.08. The number of aromatic amines is 1. The van der Waals surface area contributed by atoms with E-state index in [-0.39, 0.29) is 22.4 Å². The first-order valence-electron chi connectivity index (χ1n) is 6.68. The van der Waals surface area contributed by atoms with Gasteiger partial charge in [-0.3, -0.25) is 4.98 Å². The second-order valence-corrected chi connectivity index (χ2v) is 5.08. The van der Waals surface area contributed by atoms with Gasteiger partial charge in [0, 0.05) is 17.8 Å². The van der Waals surface area contributed by atoms with Gasteiger partial charge in [-0.15, -0.1) is 0 Å². The normalized spacial score (nSPS) is 11.3. The van der Waals surface area contributed by atoms with Crippen molar-refractivity contribution in [3.8, 4) is 0 Å². The Kier molecular flexibility index (Phi) is 2.55. The van der Waals surface area contributed by atoms with Gasteiger partial charge in [0.2, 0.25) is 0 Å². The second kappa shape index (κ2) is 4.47. The summed E-state index contributed by atoms with van der Waals surface area (Å²) in [7, 11) is 0. The number of nitrogens with one attached hydrogen (secondary N) is 1. The predicted molar refractivity (Wildman–Crippen MR) is 84.4 cm³/mol. The molecule has 0 bridgehead atoms. The SMILES string of the molecule is O=[N+]([O-])c1[nH]c([N+](=O)[O-])c2c1ccc1c3cnccc3ccc12. The number of benzene rings is 2. The predicted octanol–water partition coefficient (Wildman–Crippen LogP) is 3.69. The number of nitrogens with zero attached hydrogens (tertiary/aromatic N) is 3. The monoisotopic (exact) mass is 308 g/mol. The molecule has 2 heterocycles. The molecule has 0 saturated carbocycles. The molecule has 0 saturated heterocycles. The molecule has 0 radical (unpaired) electrons. The van der Waals surface area contributed by atoms with Gasteiger partial charge in [-0.2, -0.15) is 4.98 Å². The molecule has 112 valence electrons. The lowest BCUT2D eigenvalue weighted by molar-refractivity contribution is -0.398. The standard InChI is InChI=1S/C15H8N4O4/c20-18(21)14-11-4-3-9-10(13(11)15(17-14)19(22)23)2-1-8-5-6-16-7-12(8)9/h1-7,17H. The van der Waals surface area contributed by atoms with Gasteiger partial charge in [0.1, 0.15) is 0 Å². The Bertz CT molecular complexity index is 1130. The lowest BCUT2D eigenvalue weighted by Crippen LogP contribution is -1.90. The third-order valence-corrected chi connectivity index (χ3v) is 3.91. The Morgan fingerprint density at radius 1 is 0.826 bits per heavy atom. The van der Waals surface area contributed by atoms with E-state index >= 15 is 0 Å². The molecule has 8 nitrogen and oxygen atoms in total. The summed E-state index contributed by atoms with van der Waals surface area (Å²) < 4.78 is 0. The highest BCUT2D eigenvalue weighted by Crippen LogP contribution is 2.39. The highest BCUT2D eigenvalue weighted by Gasteiger charge is 2.25. The Labute approximate surface area is 127 Å². The largest absolute Gasteiger partial charge is 0.358 e. The van der Waals surface area contributed by atoms with Crippen LogP contribution in [0.4, 0.5) is 11.6 Å². The van der Waals surface area contributed by atoms with Crippen molar-refractivity contribution in [2.24, 2.45) is 0 Å².